The summed E-state index contributed by atoms with van der Waals surface area (Å²) in [6.45, 7) is 4.13. The molecule has 4 heterocycles. The summed E-state index contributed by atoms with van der Waals surface area (Å²) >= 11 is 1.63. The first-order chi connectivity index (χ1) is 10.7. The quantitative estimate of drug-likeness (QED) is 0.717. The summed E-state index contributed by atoms with van der Waals surface area (Å²) in [7, 11) is 1.90. The van der Waals surface area contributed by atoms with E-state index in [1.165, 1.54) is 0 Å². The van der Waals surface area contributed by atoms with Crippen LogP contribution in [0, 0.1) is 6.92 Å². The minimum absolute atomic E-state index is 0.00394. The molecule has 3 aromatic heterocycles. The fraction of sp³-hybridized carbons (Fsp3) is 0.429. The lowest BCUT2D eigenvalue weighted by atomic mass is 10.2. The van der Waals surface area contributed by atoms with Crippen LogP contribution in [-0.4, -0.2) is 44.4 Å². The molecule has 1 unspecified atom stereocenters. The standard InChI is InChI=1S/C14H16N6OS/c1-9-17-12-10(7-16-19(12)2)13(18-9)20-4-5-21-11(8-20)14-15-3-6-22-14/h3,6-7,11H,4-5,8H2,1-2H3. The minimum atomic E-state index is -0.00394. The second kappa shape index (κ2) is 5.29. The van der Waals surface area contributed by atoms with E-state index in [2.05, 4.69) is 25.0 Å². The van der Waals surface area contributed by atoms with Crippen molar-refractivity contribution < 1.29 is 4.74 Å². The van der Waals surface area contributed by atoms with E-state index in [-0.39, 0.29) is 6.10 Å². The Morgan fingerprint density at radius 2 is 2.27 bits per heavy atom. The predicted molar refractivity (Wildman–Crippen MR) is 84.1 cm³/mol. The van der Waals surface area contributed by atoms with E-state index in [0.717, 1.165) is 40.8 Å². The molecule has 114 valence electrons. The fourth-order valence-corrected chi connectivity index (χ4v) is 3.42. The van der Waals surface area contributed by atoms with Crippen LogP contribution in [0.4, 0.5) is 5.82 Å². The van der Waals surface area contributed by atoms with Gasteiger partial charge in [0.1, 0.15) is 22.8 Å². The summed E-state index contributed by atoms with van der Waals surface area (Å²) in [6, 6.07) is 0. The van der Waals surface area contributed by atoms with Crippen molar-refractivity contribution in [3.05, 3.63) is 28.6 Å². The molecular formula is C14H16N6OS. The zero-order chi connectivity index (χ0) is 15.1. The van der Waals surface area contributed by atoms with E-state index >= 15 is 0 Å². The third kappa shape index (κ3) is 2.24. The molecule has 4 rings (SSSR count). The zero-order valence-corrected chi connectivity index (χ0v) is 13.2. The monoisotopic (exact) mass is 316 g/mol. The fourth-order valence-electron chi connectivity index (χ4n) is 2.74. The first-order valence-corrected chi connectivity index (χ1v) is 8.02. The van der Waals surface area contributed by atoms with Gasteiger partial charge in [-0.2, -0.15) is 5.10 Å². The number of rotatable bonds is 2. The maximum absolute atomic E-state index is 5.86. The average molecular weight is 316 g/mol. The Morgan fingerprint density at radius 3 is 3.09 bits per heavy atom. The lowest BCUT2D eigenvalue weighted by Crippen LogP contribution is -2.39. The lowest BCUT2D eigenvalue weighted by Gasteiger charge is -2.33. The highest BCUT2D eigenvalue weighted by atomic mass is 32.1. The van der Waals surface area contributed by atoms with Gasteiger partial charge < -0.3 is 9.64 Å². The van der Waals surface area contributed by atoms with Crippen molar-refractivity contribution in [3.63, 3.8) is 0 Å². The summed E-state index contributed by atoms with van der Waals surface area (Å²) in [5.41, 5.74) is 0.861. The second-order valence-corrected chi connectivity index (χ2v) is 6.20. The van der Waals surface area contributed by atoms with Crippen LogP contribution in [0.25, 0.3) is 11.0 Å². The second-order valence-electron chi connectivity index (χ2n) is 5.28. The van der Waals surface area contributed by atoms with Crippen molar-refractivity contribution in [1.82, 2.24) is 24.7 Å². The van der Waals surface area contributed by atoms with Gasteiger partial charge in [0.15, 0.2) is 5.65 Å². The number of hydrogen-bond donors (Lipinski definition) is 0. The highest BCUT2D eigenvalue weighted by Gasteiger charge is 2.26. The maximum atomic E-state index is 5.86. The number of nitrogens with zero attached hydrogens (tertiary/aromatic N) is 6. The van der Waals surface area contributed by atoms with Crippen molar-refractivity contribution in [1.29, 1.82) is 0 Å². The molecule has 3 aromatic rings. The molecule has 22 heavy (non-hydrogen) atoms. The number of thiazole rings is 1. The molecule has 7 nitrogen and oxygen atoms in total. The molecule has 1 aliphatic rings. The number of aryl methyl sites for hydroxylation is 2. The Morgan fingerprint density at radius 1 is 1.36 bits per heavy atom. The Balaban J connectivity index is 1.72. The number of hydrogen-bond acceptors (Lipinski definition) is 7. The Hall–Kier alpha value is -2.06. The number of ether oxygens (including phenoxy) is 1. The van der Waals surface area contributed by atoms with Gasteiger partial charge in [-0.25, -0.2) is 15.0 Å². The number of fused-ring (bicyclic) bond motifs is 1. The normalized spacial score (nSPS) is 19.0. The molecule has 1 saturated heterocycles. The van der Waals surface area contributed by atoms with Crippen LogP contribution in [0.1, 0.15) is 16.9 Å². The highest BCUT2D eigenvalue weighted by Crippen LogP contribution is 2.29. The van der Waals surface area contributed by atoms with Crippen molar-refractivity contribution >= 4 is 28.2 Å². The van der Waals surface area contributed by atoms with Crippen LogP contribution < -0.4 is 4.90 Å². The van der Waals surface area contributed by atoms with Gasteiger partial charge in [-0.15, -0.1) is 11.3 Å². The van der Waals surface area contributed by atoms with Crippen LogP contribution in [-0.2, 0) is 11.8 Å². The molecule has 0 amide bonds. The number of anilines is 1. The molecule has 0 bridgehead atoms. The highest BCUT2D eigenvalue weighted by molar-refractivity contribution is 7.09. The van der Waals surface area contributed by atoms with Crippen LogP contribution in [0.15, 0.2) is 17.8 Å². The molecule has 0 aromatic carbocycles. The molecule has 1 fully saturated rings. The van der Waals surface area contributed by atoms with Gasteiger partial charge >= 0.3 is 0 Å². The topological polar surface area (TPSA) is 69.0 Å². The minimum Gasteiger partial charge on any atom is -0.367 e. The van der Waals surface area contributed by atoms with Gasteiger partial charge in [0.05, 0.1) is 24.7 Å². The first kappa shape index (κ1) is 13.6. The van der Waals surface area contributed by atoms with Crippen LogP contribution in [0.5, 0.6) is 0 Å². The van der Waals surface area contributed by atoms with Crippen LogP contribution >= 0.6 is 11.3 Å². The van der Waals surface area contributed by atoms with Crippen LogP contribution in [0.2, 0.25) is 0 Å². The SMILES string of the molecule is Cc1nc(N2CCOC(c3nccs3)C2)c2cnn(C)c2n1. The third-order valence-corrected chi connectivity index (χ3v) is 4.64. The van der Waals surface area contributed by atoms with Gasteiger partial charge in [-0.3, -0.25) is 4.68 Å². The van der Waals surface area contributed by atoms with E-state index < -0.39 is 0 Å². The summed E-state index contributed by atoms with van der Waals surface area (Å²) in [4.78, 5) is 15.7. The molecular weight excluding hydrogens is 300 g/mol. The Kier molecular flexibility index (Phi) is 3.27. The third-order valence-electron chi connectivity index (χ3n) is 3.78. The first-order valence-electron chi connectivity index (χ1n) is 7.14. The lowest BCUT2D eigenvalue weighted by molar-refractivity contribution is 0.0394. The molecule has 0 N–H and O–H groups in total. The smallest absolute Gasteiger partial charge is 0.163 e. The van der Waals surface area contributed by atoms with Crippen molar-refractivity contribution in [2.75, 3.05) is 24.6 Å². The van der Waals surface area contributed by atoms with Crippen molar-refractivity contribution in [3.8, 4) is 0 Å². The van der Waals surface area contributed by atoms with Gasteiger partial charge in [0.2, 0.25) is 0 Å². The van der Waals surface area contributed by atoms with E-state index in [9.17, 15) is 0 Å². The molecule has 0 aliphatic carbocycles. The molecule has 0 spiro atoms. The average Bonchev–Trinajstić information content (AvgIpc) is 3.18. The number of aromatic nitrogens is 5. The van der Waals surface area contributed by atoms with E-state index in [0.29, 0.717) is 6.61 Å². The van der Waals surface area contributed by atoms with Gasteiger partial charge in [-0.1, -0.05) is 0 Å². The summed E-state index contributed by atoms with van der Waals surface area (Å²) in [5, 5.41) is 8.28. The van der Waals surface area contributed by atoms with E-state index in [1.807, 2.05) is 31.7 Å². The summed E-state index contributed by atoms with van der Waals surface area (Å²) in [5.74, 6) is 1.68. The van der Waals surface area contributed by atoms with E-state index in [4.69, 9.17) is 4.74 Å². The van der Waals surface area contributed by atoms with Gasteiger partial charge in [-0.05, 0) is 6.92 Å². The molecule has 8 heteroatoms. The Labute approximate surface area is 131 Å². The molecule has 0 radical (unpaired) electrons. The van der Waals surface area contributed by atoms with Gasteiger partial charge in [0, 0.05) is 25.2 Å². The molecule has 0 saturated carbocycles. The maximum Gasteiger partial charge on any atom is 0.163 e. The van der Waals surface area contributed by atoms with Gasteiger partial charge in [0.25, 0.3) is 0 Å². The van der Waals surface area contributed by atoms with Crippen molar-refractivity contribution in [2.45, 2.75) is 13.0 Å². The summed E-state index contributed by atoms with van der Waals surface area (Å²) in [6.07, 6.45) is 3.64. The van der Waals surface area contributed by atoms with E-state index in [1.54, 1.807) is 16.0 Å². The largest absolute Gasteiger partial charge is 0.367 e. The molecule has 1 atom stereocenters. The van der Waals surface area contributed by atoms with Crippen LogP contribution in [0.3, 0.4) is 0 Å². The Bertz CT molecular complexity index is 799. The number of morpholine rings is 1. The molecule has 1 aliphatic heterocycles. The van der Waals surface area contributed by atoms with Crippen molar-refractivity contribution in [2.24, 2.45) is 7.05 Å². The summed E-state index contributed by atoms with van der Waals surface area (Å²) < 4.78 is 7.65. The predicted octanol–water partition coefficient (Wildman–Crippen LogP) is 1.71. The zero-order valence-electron chi connectivity index (χ0n) is 12.4.